The zero-order valence-electron chi connectivity index (χ0n) is 11.2. The average Bonchev–Trinajstić information content (AvgIpc) is 2.85. The second kappa shape index (κ2) is 6.03. The number of methoxy groups -OCH3 is 1. The molecule has 1 fully saturated rings. The van der Waals surface area contributed by atoms with E-state index in [9.17, 15) is 0 Å². The summed E-state index contributed by atoms with van der Waals surface area (Å²) in [6.07, 6.45) is 1.29. The van der Waals surface area contributed by atoms with Crippen LogP contribution in [0.5, 0.6) is 0 Å². The van der Waals surface area contributed by atoms with Gasteiger partial charge in [-0.15, -0.1) is 0 Å². The Morgan fingerprint density at radius 1 is 1.39 bits per heavy atom. The maximum absolute atomic E-state index is 5.58. The minimum atomic E-state index is 0.257. The molecule has 0 bridgehead atoms. The van der Waals surface area contributed by atoms with Gasteiger partial charge in [0.15, 0.2) is 0 Å². The van der Waals surface area contributed by atoms with Gasteiger partial charge < -0.3 is 14.4 Å². The van der Waals surface area contributed by atoms with Crippen LogP contribution in [-0.2, 0) is 9.47 Å². The first-order valence-corrected chi connectivity index (χ1v) is 6.32. The standard InChI is InChI=1S/C15H21NO2/c1-12-4-6-14(7-5-12)13(2)16-9-8-15(10-16)18-11-17-3/h4-7,15H,2,8-11H2,1,3H3/t15-/m0/s1. The topological polar surface area (TPSA) is 21.7 Å². The van der Waals surface area contributed by atoms with Crippen LogP contribution in [0.1, 0.15) is 17.5 Å². The lowest BCUT2D eigenvalue weighted by atomic mass is 10.1. The van der Waals surface area contributed by atoms with Gasteiger partial charge in [0.1, 0.15) is 6.79 Å². The smallest absolute Gasteiger partial charge is 0.146 e. The average molecular weight is 247 g/mol. The van der Waals surface area contributed by atoms with Crippen LogP contribution < -0.4 is 0 Å². The molecule has 0 unspecified atom stereocenters. The van der Waals surface area contributed by atoms with E-state index >= 15 is 0 Å². The molecule has 0 aliphatic carbocycles. The van der Waals surface area contributed by atoms with Crippen molar-refractivity contribution in [3.63, 3.8) is 0 Å². The molecule has 3 nitrogen and oxygen atoms in total. The quantitative estimate of drug-likeness (QED) is 0.747. The van der Waals surface area contributed by atoms with E-state index in [1.54, 1.807) is 7.11 Å². The third-order valence-electron chi connectivity index (χ3n) is 3.33. The van der Waals surface area contributed by atoms with Crippen molar-refractivity contribution in [2.45, 2.75) is 19.4 Å². The zero-order chi connectivity index (χ0) is 13.0. The molecule has 18 heavy (non-hydrogen) atoms. The Morgan fingerprint density at radius 3 is 2.78 bits per heavy atom. The van der Waals surface area contributed by atoms with Crippen molar-refractivity contribution in [2.75, 3.05) is 27.0 Å². The van der Waals surface area contributed by atoms with E-state index in [1.807, 2.05) is 0 Å². The van der Waals surface area contributed by atoms with Crippen molar-refractivity contribution in [1.29, 1.82) is 0 Å². The predicted octanol–water partition coefficient (Wildman–Crippen LogP) is 2.66. The van der Waals surface area contributed by atoms with Crippen molar-refractivity contribution in [2.24, 2.45) is 0 Å². The monoisotopic (exact) mass is 247 g/mol. The summed E-state index contributed by atoms with van der Waals surface area (Å²) in [5, 5.41) is 0. The summed E-state index contributed by atoms with van der Waals surface area (Å²) in [6.45, 7) is 8.56. The minimum Gasteiger partial charge on any atom is -0.369 e. The Hall–Kier alpha value is -1.32. The van der Waals surface area contributed by atoms with E-state index in [1.165, 1.54) is 11.1 Å². The van der Waals surface area contributed by atoms with E-state index in [0.717, 1.165) is 25.2 Å². The fourth-order valence-electron chi connectivity index (χ4n) is 2.20. The van der Waals surface area contributed by atoms with Gasteiger partial charge in [-0.2, -0.15) is 0 Å². The summed E-state index contributed by atoms with van der Waals surface area (Å²) in [4.78, 5) is 2.28. The largest absolute Gasteiger partial charge is 0.369 e. The molecule has 0 N–H and O–H groups in total. The van der Waals surface area contributed by atoms with Gasteiger partial charge in [-0.25, -0.2) is 0 Å². The Kier molecular flexibility index (Phi) is 4.39. The fourth-order valence-corrected chi connectivity index (χ4v) is 2.20. The van der Waals surface area contributed by atoms with Crippen LogP contribution in [0.3, 0.4) is 0 Å². The normalized spacial score (nSPS) is 19.2. The number of benzene rings is 1. The number of likely N-dealkylation sites (tertiary alicyclic amines) is 1. The first kappa shape index (κ1) is 13.1. The lowest BCUT2D eigenvalue weighted by Gasteiger charge is -2.21. The molecule has 1 saturated heterocycles. The molecular formula is C15H21NO2. The highest BCUT2D eigenvalue weighted by atomic mass is 16.7. The molecular weight excluding hydrogens is 226 g/mol. The van der Waals surface area contributed by atoms with Crippen LogP contribution in [0.4, 0.5) is 0 Å². The molecule has 0 spiro atoms. The molecule has 98 valence electrons. The van der Waals surface area contributed by atoms with E-state index in [-0.39, 0.29) is 6.10 Å². The van der Waals surface area contributed by atoms with Gasteiger partial charge in [0, 0.05) is 25.9 Å². The Morgan fingerprint density at radius 2 is 2.11 bits per heavy atom. The van der Waals surface area contributed by atoms with Crippen molar-refractivity contribution < 1.29 is 9.47 Å². The van der Waals surface area contributed by atoms with Gasteiger partial charge in [0.25, 0.3) is 0 Å². The molecule has 0 saturated carbocycles. The summed E-state index contributed by atoms with van der Waals surface area (Å²) in [7, 11) is 1.65. The Bertz CT molecular complexity index is 399. The van der Waals surface area contributed by atoms with Crippen LogP contribution in [-0.4, -0.2) is 38.0 Å². The molecule has 1 aromatic carbocycles. The highest BCUT2D eigenvalue weighted by Crippen LogP contribution is 2.24. The Labute approximate surface area is 109 Å². The maximum Gasteiger partial charge on any atom is 0.146 e. The fraction of sp³-hybridized carbons (Fsp3) is 0.467. The van der Waals surface area contributed by atoms with E-state index in [0.29, 0.717) is 6.79 Å². The molecule has 2 rings (SSSR count). The molecule has 0 amide bonds. The van der Waals surface area contributed by atoms with Crippen LogP contribution in [0, 0.1) is 6.92 Å². The molecule has 0 aromatic heterocycles. The van der Waals surface area contributed by atoms with Crippen LogP contribution in [0.15, 0.2) is 30.8 Å². The van der Waals surface area contributed by atoms with Gasteiger partial charge in [-0.3, -0.25) is 0 Å². The highest BCUT2D eigenvalue weighted by Gasteiger charge is 2.24. The number of hydrogen-bond acceptors (Lipinski definition) is 3. The second-order valence-electron chi connectivity index (χ2n) is 4.74. The van der Waals surface area contributed by atoms with Crippen LogP contribution >= 0.6 is 0 Å². The molecule has 1 aromatic rings. The SMILES string of the molecule is C=C(c1ccc(C)cc1)N1CC[C@H](OCOC)C1. The van der Waals surface area contributed by atoms with E-state index in [4.69, 9.17) is 9.47 Å². The van der Waals surface area contributed by atoms with Gasteiger partial charge in [0.05, 0.1) is 6.10 Å². The van der Waals surface area contributed by atoms with Gasteiger partial charge in [-0.1, -0.05) is 36.4 Å². The maximum atomic E-state index is 5.58. The summed E-state index contributed by atoms with van der Waals surface area (Å²) >= 11 is 0. The van der Waals surface area contributed by atoms with Crippen LogP contribution in [0.2, 0.25) is 0 Å². The minimum absolute atomic E-state index is 0.257. The van der Waals surface area contributed by atoms with Gasteiger partial charge in [0.2, 0.25) is 0 Å². The van der Waals surface area contributed by atoms with Crippen molar-refractivity contribution in [3.8, 4) is 0 Å². The predicted molar refractivity (Wildman–Crippen MR) is 73.2 cm³/mol. The van der Waals surface area contributed by atoms with Crippen molar-refractivity contribution >= 4 is 5.70 Å². The third-order valence-corrected chi connectivity index (χ3v) is 3.33. The lowest BCUT2D eigenvalue weighted by molar-refractivity contribution is -0.0660. The van der Waals surface area contributed by atoms with Crippen LogP contribution in [0.25, 0.3) is 5.70 Å². The summed E-state index contributed by atoms with van der Waals surface area (Å²) in [5.74, 6) is 0. The number of ether oxygens (including phenoxy) is 2. The summed E-state index contributed by atoms with van der Waals surface area (Å²) < 4.78 is 10.5. The highest BCUT2D eigenvalue weighted by molar-refractivity contribution is 5.62. The molecule has 3 heteroatoms. The zero-order valence-corrected chi connectivity index (χ0v) is 11.2. The van der Waals surface area contributed by atoms with E-state index in [2.05, 4.69) is 42.7 Å². The number of aryl methyl sites for hydroxylation is 1. The first-order valence-electron chi connectivity index (χ1n) is 6.32. The molecule has 1 aliphatic heterocycles. The Balaban J connectivity index is 1.93. The molecule has 1 aliphatic rings. The molecule has 1 atom stereocenters. The number of rotatable bonds is 5. The third kappa shape index (κ3) is 3.12. The second-order valence-corrected chi connectivity index (χ2v) is 4.74. The van der Waals surface area contributed by atoms with Crippen molar-refractivity contribution in [3.05, 3.63) is 42.0 Å². The molecule has 1 heterocycles. The van der Waals surface area contributed by atoms with E-state index < -0.39 is 0 Å². The number of nitrogens with zero attached hydrogens (tertiary/aromatic N) is 1. The van der Waals surface area contributed by atoms with Gasteiger partial charge in [-0.05, 0) is 18.9 Å². The first-order chi connectivity index (χ1) is 8.70. The van der Waals surface area contributed by atoms with Crippen molar-refractivity contribution in [1.82, 2.24) is 4.90 Å². The summed E-state index contributed by atoms with van der Waals surface area (Å²) in [6, 6.07) is 8.49. The number of hydrogen-bond donors (Lipinski definition) is 0. The van der Waals surface area contributed by atoms with Gasteiger partial charge >= 0.3 is 0 Å². The molecule has 0 radical (unpaired) electrons. The lowest BCUT2D eigenvalue weighted by Crippen LogP contribution is -2.22. The summed E-state index contributed by atoms with van der Waals surface area (Å²) in [5.41, 5.74) is 3.54.